The summed E-state index contributed by atoms with van der Waals surface area (Å²) in [5.41, 5.74) is 3.14. The first kappa shape index (κ1) is 22.9. The van der Waals surface area contributed by atoms with Crippen LogP contribution in [0.2, 0.25) is 0 Å². The number of benzene rings is 2. The highest BCUT2D eigenvalue weighted by Gasteiger charge is 2.24. The summed E-state index contributed by atoms with van der Waals surface area (Å²) in [5.74, 6) is 0.965. The van der Waals surface area contributed by atoms with E-state index in [2.05, 4.69) is 57.0 Å². The van der Waals surface area contributed by atoms with E-state index in [1.54, 1.807) is 11.3 Å². The molecule has 7 heteroatoms. The van der Waals surface area contributed by atoms with Crippen molar-refractivity contribution >= 4 is 22.4 Å². The van der Waals surface area contributed by atoms with E-state index in [-0.39, 0.29) is 17.8 Å². The molecule has 1 fully saturated rings. The Balaban J connectivity index is 1.26. The molecular weight excluding hydrogens is 444 g/mol. The average molecular weight is 477 g/mol. The van der Waals surface area contributed by atoms with Gasteiger partial charge in [0.05, 0.1) is 11.0 Å². The number of aromatic amines is 1. The number of nitrogens with one attached hydrogen (secondary N) is 2. The molecule has 0 saturated carbocycles. The van der Waals surface area contributed by atoms with Crippen molar-refractivity contribution in [3.05, 3.63) is 87.0 Å². The van der Waals surface area contributed by atoms with Crippen molar-refractivity contribution in [1.29, 1.82) is 0 Å². The summed E-state index contributed by atoms with van der Waals surface area (Å²) in [6.07, 6.45) is 2.90. The van der Waals surface area contributed by atoms with Gasteiger partial charge in [0, 0.05) is 42.5 Å². The summed E-state index contributed by atoms with van der Waals surface area (Å²) in [6.45, 7) is 3.68. The van der Waals surface area contributed by atoms with Crippen LogP contribution in [-0.4, -0.2) is 41.1 Å². The first-order valence-electron chi connectivity index (χ1n) is 12.1. The van der Waals surface area contributed by atoms with Crippen LogP contribution in [0.4, 0.5) is 0 Å². The topological polar surface area (TPSA) is 62.3 Å². The van der Waals surface area contributed by atoms with E-state index in [9.17, 15) is 4.79 Å². The van der Waals surface area contributed by atoms with Crippen molar-refractivity contribution in [3.8, 4) is 5.75 Å². The van der Waals surface area contributed by atoms with Crippen molar-refractivity contribution in [1.82, 2.24) is 19.8 Å². The number of imidazole rings is 1. The SMILES string of the molecule is CNCCC(Oc1ccccc1CN1CCC(n2c(=O)[nH]c3ccccc32)CC1)c1cccs1. The van der Waals surface area contributed by atoms with Crippen LogP contribution in [0.25, 0.3) is 11.0 Å². The molecule has 6 nitrogen and oxygen atoms in total. The number of para-hydroxylation sites is 3. The monoisotopic (exact) mass is 476 g/mol. The second-order valence-corrected chi connectivity index (χ2v) is 9.93. The van der Waals surface area contributed by atoms with Crippen LogP contribution in [0.15, 0.2) is 70.8 Å². The highest BCUT2D eigenvalue weighted by atomic mass is 32.1. The van der Waals surface area contributed by atoms with Crippen LogP contribution in [0.1, 0.15) is 41.8 Å². The number of rotatable bonds is 9. The van der Waals surface area contributed by atoms with Crippen LogP contribution >= 0.6 is 11.3 Å². The Morgan fingerprint density at radius 1 is 1.09 bits per heavy atom. The van der Waals surface area contributed by atoms with Gasteiger partial charge in [-0.2, -0.15) is 0 Å². The zero-order valence-corrected chi connectivity index (χ0v) is 20.4. The number of hydrogen-bond donors (Lipinski definition) is 2. The maximum atomic E-state index is 12.6. The zero-order valence-electron chi connectivity index (χ0n) is 19.6. The van der Waals surface area contributed by atoms with Crippen molar-refractivity contribution in [2.24, 2.45) is 0 Å². The Bertz CT molecular complexity index is 1260. The second-order valence-electron chi connectivity index (χ2n) is 8.95. The lowest BCUT2D eigenvalue weighted by atomic mass is 10.0. The van der Waals surface area contributed by atoms with E-state index in [1.807, 2.05) is 35.9 Å². The largest absolute Gasteiger partial charge is 0.485 e. The predicted molar refractivity (Wildman–Crippen MR) is 139 cm³/mol. The lowest BCUT2D eigenvalue weighted by molar-refractivity contribution is 0.168. The van der Waals surface area contributed by atoms with Gasteiger partial charge in [-0.15, -0.1) is 11.3 Å². The lowest BCUT2D eigenvalue weighted by Gasteiger charge is -2.33. The first-order valence-corrected chi connectivity index (χ1v) is 12.9. The Morgan fingerprint density at radius 3 is 2.68 bits per heavy atom. The zero-order chi connectivity index (χ0) is 23.3. The van der Waals surface area contributed by atoms with Crippen LogP contribution < -0.4 is 15.7 Å². The molecule has 178 valence electrons. The number of fused-ring (bicyclic) bond motifs is 1. The van der Waals surface area contributed by atoms with Crippen LogP contribution in [0.3, 0.4) is 0 Å². The molecule has 34 heavy (non-hydrogen) atoms. The average Bonchev–Trinajstić information content (AvgIpc) is 3.51. The summed E-state index contributed by atoms with van der Waals surface area (Å²) in [6, 6.07) is 20.9. The van der Waals surface area contributed by atoms with Gasteiger partial charge >= 0.3 is 5.69 Å². The number of hydrogen-bond acceptors (Lipinski definition) is 5. The van der Waals surface area contributed by atoms with E-state index in [0.717, 1.165) is 62.2 Å². The Labute approximate surface area is 204 Å². The van der Waals surface area contributed by atoms with Crippen molar-refractivity contribution in [2.75, 3.05) is 26.7 Å². The number of piperidine rings is 1. The molecule has 1 aliphatic heterocycles. The van der Waals surface area contributed by atoms with Gasteiger partial charge in [0.1, 0.15) is 11.9 Å². The maximum absolute atomic E-state index is 12.6. The minimum absolute atomic E-state index is 0.000386. The number of likely N-dealkylation sites (tertiary alicyclic amines) is 1. The Kier molecular flexibility index (Phi) is 7.13. The van der Waals surface area contributed by atoms with Crippen molar-refractivity contribution in [3.63, 3.8) is 0 Å². The molecule has 0 radical (unpaired) electrons. The summed E-state index contributed by atoms with van der Waals surface area (Å²) >= 11 is 1.75. The van der Waals surface area contributed by atoms with Gasteiger partial charge in [0.25, 0.3) is 0 Å². The number of ether oxygens (including phenoxy) is 1. The summed E-state index contributed by atoms with van der Waals surface area (Å²) < 4.78 is 8.53. The molecule has 0 amide bonds. The highest BCUT2D eigenvalue weighted by Crippen LogP contribution is 2.32. The Hall–Kier alpha value is -2.87. The molecule has 1 aliphatic rings. The molecule has 2 aromatic carbocycles. The molecule has 5 rings (SSSR count). The molecule has 0 bridgehead atoms. The third-order valence-electron chi connectivity index (χ3n) is 6.70. The molecular formula is C27H32N4O2S. The molecule has 4 aromatic rings. The fraction of sp³-hybridized carbons (Fsp3) is 0.370. The molecule has 0 aliphatic carbocycles. The standard InChI is InChI=1S/C27H32N4O2S/c1-28-15-12-25(26-11-6-18-34-26)33-24-10-5-2-7-20(24)19-30-16-13-21(14-17-30)31-23-9-4-3-8-22(23)29-27(31)32/h2-11,18,21,25,28H,12-17,19H2,1H3,(H,29,32). The minimum atomic E-state index is -0.000386. The fourth-order valence-corrected chi connectivity index (χ4v) is 5.71. The van der Waals surface area contributed by atoms with E-state index in [4.69, 9.17) is 4.74 Å². The summed E-state index contributed by atoms with van der Waals surface area (Å²) in [4.78, 5) is 19.3. The van der Waals surface area contributed by atoms with Crippen LogP contribution in [0, 0.1) is 0 Å². The molecule has 1 unspecified atom stereocenters. The van der Waals surface area contributed by atoms with Crippen LogP contribution in [0.5, 0.6) is 5.75 Å². The van der Waals surface area contributed by atoms with Gasteiger partial charge in [-0.1, -0.05) is 36.4 Å². The smallest absolute Gasteiger partial charge is 0.326 e. The van der Waals surface area contributed by atoms with Gasteiger partial charge in [0.15, 0.2) is 0 Å². The third-order valence-corrected chi connectivity index (χ3v) is 7.66. The molecule has 2 N–H and O–H groups in total. The van der Waals surface area contributed by atoms with E-state index in [0.29, 0.717) is 0 Å². The normalized spacial score (nSPS) is 16.1. The lowest BCUT2D eigenvalue weighted by Crippen LogP contribution is -2.36. The Morgan fingerprint density at radius 2 is 1.88 bits per heavy atom. The minimum Gasteiger partial charge on any atom is -0.485 e. The highest BCUT2D eigenvalue weighted by molar-refractivity contribution is 7.10. The first-order chi connectivity index (χ1) is 16.7. The van der Waals surface area contributed by atoms with E-state index >= 15 is 0 Å². The molecule has 1 saturated heterocycles. The second kappa shape index (κ2) is 10.6. The van der Waals surface area contributed by atoms with Crippen LogP contribution in [-0.2, 0) is 6.54 Å². The van der Waals surface area contributed by atoms with Gasteiger partial charge < -0.3 is 15.0 Å². The maximum Gasteiger partial charge on any atom is 0.326 e. The van der Waals surface area contributed by atoms with E-state index < -0.39 is 0 Å². The third kappa shape index (κ3) is 4.97. The number of aromatic nitrogens is 2. The van der Waals surface area contributed by atoms with Gasteiger partial charge in [-0.3, -0.25) is 9.47 Å². The fourth-order valence-electron chi connectivity index (χ4n) is 4.93. The van der Waals surface area contributed by atoms with Crippen molar-refractivity contribution < 1.29 is 4.74 Å². The quantitative estimate of drug-likeness (QED) is 0.359. The summed E-state index contributed by atoms with van der Waals surface area (Å²) in [7, 11) is 1.98. The van der Waals surface area contributed by atoms with Gasteiger partial charge in [-0.05, 0) is 56.1 Å². The number of H-pyrrole nitrogens is 1. The number of nitrogens with zero attached hydrogens (tertiary/aromatic N) is 2. The molecule has 1 atom stereocenters. The van der Waals surface area contributed by atoms with Gasteiger partial charge in [0.2, 0.25) is 0 Å². The van der Waals surface area contributed by atoms with Crippen molar-refractivity contribution in [2.45, 2.75) is 38.0 Å². The number of thiophene rings is 1. The molecule has 0 spiro atoms. The predicted octanol–water partition coefficient (Wildman–Crippen LogP) is 4.96. The molecule has 3 heterocycles. The van der Waals surface area contributed by atoms with E-state index in [1.165, 1.54) is 10.4 Å². The summed E-state index contributed by atoms with van der Waals surface area (Å²) in [5, 5.41) is 5.36. The molecule has 2 aromatic heterocycles. The van der Waals surface area contributed by atoms with Gasteiger partial charge in [-0.25, -0.2) is 4.79 Å².